The number of hydrogen-bond acceptors (Lipinski definition) is 9. The smallest absolute Gasteiger partial charge is 0.377 e. The monoisotopic (exact) mass is 397 g/mol. The predicted molar refractivity (Wildman–Crippen MR) is 97.6 cm³/mol. The molecule has 0 saturated heterocycles. The fourth-order valence-electron chi connectivity index (χ4n) is 2.81. The van der Waals surface area contributed by atoms with E-state index >= 15 is 0 Å². The summed E-state index contributed by atoms with van der Waals surface area (Å²) >= 11 is 0. The number of aromatic hydroxyl groups is 1. The number of nitrogens with zero attached hydrogens (tertiary/aromatic N) is 3. The number of benzene rings is 2. The molecule has 4 rings (SSSR count). The molecule has 0 radical (unpaired) electrons. The second kappa shape index (κ2) is 7.15. The Morgan fingerprint density at radius 3 is 2.41 bits per heavy atom. The molecule has 10 heteroatoms. The number of aromatic nitrogens is 3. The lowest BCUT2D eigenvalue weighted by Gasteiger charge is -2.11. The molecule has 0 fully saturated rings. The third-order valence-corrected chi connectivity index (χ3v) is 4.32. The van der Waals surface area contributed by atoms with Gasteiger partial charge in [-0.05, 0) is 30.3 Å². The number of carbonyl (C=O) groups is 2. The topological polar surface area (TPSA) is 144 Å². The van der Waals surface area contributed by atoms with Gasteiger partial charge in [-0.25, -0.2) is 9.59 Å². The van der Waals surface area contributed by atoms with Crippen LogP contribution in [0.3, 0.4) is 0 Å². The molecule has 1 aromatic heterocycles. The fourth-order valence-corrected chi connectivity index (χ4v) is 2.81. The van der Waals surface area contributed by atoms with Gasteiger partial charge in [0.2, 0.25) is 5.76 Å². The highest BCUT2D eigenvalue weighted by molar-refractivity contribution is 5.90. The van der Waals surface area contributed by atoms with Gasteiger partial charge in [-0.1, -0.05) is 12.1 Å². The summed E-state index contributed by atoms with van der Waals surface area (Å²) < 4.78 is 9.86. The maximum atomic E-state index is 12.3. The van der Waals surface area contributed by atoms with E-state index in [0.717, 1.165) is 0 Å². The van der Waals surface area contributed by atoms with E-state index in [0.29, 0.717) is 11.0 Å². The van der Waals surface area contributed by atoms with Gasteiger partial charge >= 0.3 is 11.9 Å². The molecule has 0 spiro atoms. The molecule has 10 nitrogen and oxygen atoms in total. The van der Waals surface area contributed by atoms with E-state index in [9.17, 15) is 24.9 Å². The molecule has 0 aliphatic carbocycles. The second-order valence-corrected chi connectivity index (χ2v) is 6.23. The van der Waals surface area contributed by atoms with E-state index in [-0.39, 0.29) is 30.0 Å². The van der Waals surface area contributed by atoms with Crippen molar-refractivity contribution >= 4 is 23.0 Å². The van der Waals surface area contributed by atoms with Crippen molar-refractivity contribution in [1.29, 1.82) is 0 Å². The number of cyclic esters (lactones) is 1. The summed E-state index contributed by atoms with van der Waals surface area (Å²) in [5.41, 5.74) is 1.60. The van der Waals surface area contributed by atoms with Gasteiger partial charge in [0.25, 0.3) is 0 Å². The van der Waals surface area contributed by atoms with Crippen molar-refractivity contribution in [3.8, 4) is 11.4 Å². The number of aliphatic hydroxyl groups excluding tert-OH is 2. The van der Waals surface area contributed by atoms with Crippen molar-refractivity contribution in [3.63, 3.8) is 0 Å². The average Bonchev–Trinajstić information content (AvgIpc) is 3.25. The Balaban J connectivity index is 1.47. The molecule has 0 bridgehead atoms. The SMILES string of the molecule is O=C1O[C@H](CCOC(=O)c2ccc(O)c(-n3nc4ccccc4n3)c2)C(O)=C1O. The van der Waals surface area contributed by atoms with Gasteiger partial charge in [0.1, 0.15) is 22.5 Å². The minimum atomic E-state index is -1.06. The summed E-state index contributed by atoms with van der Waals surface area (Å²) in [4.78, 5) is 24.7. The van der Waals surface area contributed by atoms with E-state index in [1.54, 1.807) is 12.1 Å². The molecule has 1 aliphatic rings. The molecule has 0 unspecified atom stereocenters. The number of fused-ring (bicyclic) bond motifs is 1. The first-order valence-corrected chi connectivity index (χ1v) is 8.59. The van der Waals surface area contributed by atoms with Crippen LogP contribution in [0.4, 0.5) is 0 Å². The highest BCUT2D eigenvalue weighted by Gasteiger charge is 2.34. The number of rotatable bonds is 5. The van der Waals surface area contributed by atoms with Crippen molar-refractivity contribution in [3.05, 3.63) is 59.5 Å². The van der Waals surface area contributed by atoms with Crippen molar-refractivity contribution in [1.82, 2.24) is 15.0 Å². The minimum absolute atomic E-state index is 0.0234. The Hall–Kier alpha value is -4.08. The number of esters is 2. The van der Waals surface area contributed by atoms with Crippen LogP contribution < -0.4 is 0 Å². The standard InChI is InChI=1S/C19H15N3O7/c23-14-6-5-10(9-13(14)22-20-11-3-1-2-4-12(11)21-22)18(26)28-8-7-15-16(24)17(25)19(27)29-15/h1-6,9,15,23-25H,7-8H2/t15-/m1/s1. The first-order valence-electron chi connectivity index (χ1n) is 8.59. The predicted octanol–water partition coefficient (Wildman–Crippen LogP) is 1.93. The highest BCUT2D eigenvalue weighted by Crippen LogP contribution is 2.24. The van der Waals surface area contributed by atoms with Crippen LogP contribution in [0.15, 0.2) is 54.0 Å². The van der Waals surface area contributed by atoms with Crippen molar-refractivity contribution < 1.29 is 34.4 Å². The van der Waals surface area contributed by atoms with Gasteiger partial charge in [-0.2, -0.15) is 0 Å². The van der Waals surface area contributed by atoms with E-state index < -0.39 is 29.6 Å². The zero-order chi connectivity index (χ0) is 20.5. The minimum Gasteiger partial charge on any atom is -0.506 e. The Labute approximate surface area is 163 Å². The second-order valence-electron chi connectivity index (χ2n) is 6.23. The van der Waals surface area contributed by atoms with Gasteiger partial charge in [0, 0.05) is 6.42 Å². The van der Waals surface area contributed by atoms with Crippen LogP contribution in [0.2, 0.25) is 0 Å². The summed E-state index contributed by atoms with van der Waals surface area (Å²) in [6, 6.07) is 11.2. The molecular formula is C19H15N3O7. The van der Waals surface area contributed by atoms with E-state index in [1.807, 2.05) is 12.1 Å². The van der Waals surface area contributed by atoms with Crippen molar-refractivity contribution in [2.24, 2.45) is 0 Å². The molecule has 2 heterocycles. The molecule has 0 saturated carbocycles. The highest BCUT2D eigenvalue weighted by atomic mass is 16.6. The quantitative estimate of drug-likeness (QED) is 0.550. The molecule has 3 aromatic rings. The number of carbonyl (C=O) groups excluding carboxylic acids is 2. The summed E-state index contributed by atoms with van der Waals surface area (Å²) in [6.07, 6.45) is -1.09. The molecule has 2 aromatic carbocycles. The van der Waals surface area contributed by atoms with Crippen LogP contribution in [-0.4, -0.2) is 55.0 Å². The lowest BCUT2D eigenvalue weighted by Crippen LogP contribution is -2.16. The van der Waals surface area contributed by atoms with E-state index in [4.69, 9.17) is 9.47 Å². The molecule has 148 valence electrons. The maximum absolute atomic E-state index is 12.3. The number of ether oxygens (including phenoxy) is 2. The zero-order valence-corrected chi connectivity index (χ0v) is 14.8. The van der Waals surface area contributed by atoms with Gasteiger partial charge in [0.05, 0.1) is 12.2 Å². The molecule has 1 atom stereocenters. The lowest BCUT2D eigenvalue weighted by molar-refractivity contribution is -0.142. The van der Waals surface area contributed by atoms with Crippen LogP contribution in [0, 0.1) is 0 Å². The Kier molecular flexibility index (Phi) is 4.51. The zero-order valence-electron chi connectivity index (χ0n) is 14.8. The van der Waals surface area contributed by atoms with Crippen LogP contribution >= 0.6 is 0 Å². The molecular weight excluding hydrogens is 382 g/mol. The van der Waals surface area contributed by atoms with Gasteiger partial charge in [-0.15, -0.1) is 15.0 Å². The van der Waals surface area contributed by atoms with Crippen LogP contribution in [-0.2, 0) is 14.3 Å². The molecule has 1 aliphatic heterocycles. The van der Waals surface area contributed by atoms with E-state index in [2.05, 4.69) is 10.2 Å². The summed E-state index contributed by atoms with van der Waals surface area (Å²) in [5.74, 6) is -3.27. The molecule has 29 heavy (non-hydrogen) atoms. The van der Waals surface area contributed by atoms with E-state index in [1.165, 1.54) is 23.0 Å². The first-order chi connectivity index (χ1) is 13.9. The van der Waals surface area contributed by atoms with Gasteiger partial charge in [-0.3, -0.25) is 0 Å². The number of phenolic OH excluding ortho intramolecular Hbond substituents is 1. The van der Waals surface area contributed by atoms with Crippen molar-refractivity contribution in [2.45, 2.75) is 12.5 Å². The number of aliphatic hydroxyl groups is 2. The Bertz CT molecular complexity index is 1120. The summed E-state index contributed by atoms with van der Waals surface area (Å²) in [6.45, 7) is -0.172. The number of phenols is 1. The lowest BCUT2D eigenvalue weighted by atomic mass is 10.2. The first kappa shape index (κ1) is 18.3. The summed E-state index contributed by atoms with van der Waals surface area (Å²) in [5, 5.41) is 37.5. The molecule has 0 amide bonds. The van der Waals surface area contributed by atoms with Gasteiger partial charge < -0.3 is 24.8 Å². The Morgan fingerprint density at radius 1 is 1.10 bits per heavy atom. The van der Waals surface area contributed by atoms with Crippen LogP contribution in [0.25, 0.3) is 16.7 Å². The third kappa shape index (κ3) is 3.43. The normalized spacial score (nSPS) is 16.3. The largest absolute Gasteiger partial charge is 0.506 e. The average molecular weight is 397 g/mol. The third-order valence-electron chi connectivity index (χ3n) is 4.32. The van der Waals surface area contributed by atoms with Crippen LogP contribution in [0.1, 0.15) is 16.8 Å². The van der Waals surface area contributed by atoms with Gasteiger partial charge in [0.15, 0.2) is 11.9 Å². The molecule has 3 N–H and O–H groups in total. The number of hydrogen-bond donors (Lipinski definition) is 3. The Morgan fingerprint density at radius 2 is 1.79 bits per heavy atom. The van der Waals surface area contributed by atoms with Crippen molar-refractivity contribution in [2.75, 3.05) is 6.61 Å². The fraction of sp³-hybridized carbons (Fsp3) is 0.158. The summed E-state index contributed by atoms with van der Waals surface area (Å²) in [7, 11) is 0. The van der Waals surface area contributed by atoms with Crippen LogP contribution in [0.5, 0.6) is 5.75 Å². The maximum Gasteiger partial charge on any atom is 0.377 e.